The number of aliphatic hydroxyl groups excluding tert-OH is 1. The average molecular weight is 338 g/mol. The van der Waals surface area contributed by atoms with Gasteiger partial charge in [-0.25, -0.2) is 0 Å². The van der Waals surface area contributed by atoms with Crippen LogP contribution in [-0.2, 0) is 6.42 Å². The predicted octanol–water partition coefficient (Wildman–Crippen LogP) is 3.82. The molecule has 0 saturated heterocycles. The van der Waals surface area contributed by atoms with Gasteiger partial charge in [0.15, 0.2) is 0 Å². The largest absolute Gasteiger partial charge is 0.387 e. The number of benzene rings is 1. The number of halogens is 1. The zero-order chi connectivity index (χ0) is 13.2. The maximum absolute atomic E-state index is 10.1. The summed E-state index contributed by atoms with van der Waals surface area (Å²) >= 11 is 5.23. The van der Waals surface area contributed by atoms with Crippen molar-refractivity contribution in [1.29, 1.82) is 0 Å². The van der Waals surface area contributed by atoms with Crippen LogP contribution in [0.4, 0.5) is 0 Å². The highest BCUT2D eigenvalue weighted by Crippen LogP contribution is 2.35. The maximum Gasteiger partial charge on any atom is 0.0922 e. The van der Waals surface area contributed by atoms with Crippen molar-refractivity contribution in [2.75, 3.05) is 6.54 Å². The van der Waals surface area contributed by atoms with Crippen molar-refractivity contribution in [3.8, 4) is 0 Å². The minimum absolute atomic E-state index is 0.362. The van der Waals surface area contributed by atoms with Gasteiger partial charge in [0.05, 0.1) is 6.10 Å². The van der Waals surface area contributed by atoms with E-state index in [9.17, 15) is 5.11 Å². The number of hydrogen-bond donors (Lipinski definition) is 2. The van der Waals surface area contributed by atoms with Crippen LogP contribution in [0.2, 0.25) is 0 Å². The van der Waals surface area contributed by atoms with Gasteiger partial charge in [-0.05, 0) is 52.4 Å². The van der Waals surface area contributed by atoms with E-state index in [0.29, 0.717) is 12.6 Å². The molecule has 2 atom stereocenters. The van der Waals surface area contributed by atoms with Gasteiger partial charge in [0.25, 0.3) is 0 Å². The summed E-state index contributed by atoms with van der Waals surface area (Å²) in [5.74, 6) is 0. The van der Waals surface area contributed by atoms with Crippen LogP contribution in [0.3, 0.4) is 0 Å². The van der Waals surface area contributed by atoms with Gasteiger partial charge < -0.3 is 10.4 Å². The summed E-state index contributed by atoms with van der Waals surface area (Å²) in [7, 11) is 0. The Bertz CT molecular complexity index is 555. The molecule has 1 aromatic carbocycles. The van der Waals surface area contributed by atoms with Crippen LogP contribution in [-0.4, -0.2) is 11.7 Å². The quantitative estimate of drug-likeness (QED) is 0.888. The predicted molar refractivity (Wildman–Crippen MR) is 82.5 cm³/mol. The van der Waals surface area contributed by atoms with E-state index in [0.717, 1.165) is 18.4 Å². The molecule has 0 saturated carbocycles. The molecule has 19 heavy (non-hydrogen) atoms. The number of thiophene rings is 1. The second-order valence-corrected chi connectivity index (χ2v) is 6.51. The summed E-state index contributed by atoms with van der Waals surface area (Å²) in [4.78, 5) is 0. The lowest BCUT2D eigenvalue weighted by atomic mass is 10.1. The Kier molecular flexibility index (Phi) is 4.03. The van der Waals surface area contributed by atoms with Gasteiger partial charge in [-0.3, -0.25) is 0 Å². The molecule has 2 aromatic rings. The van der Waals surface area contributed by atoms with Crippen molar-refractivity contribution >= 4 is 27.3 Å². The molecule has 0 bridgehead atoms. The zero-order valence-electron chi connectivity index (χ0n) is 10.5. The highest BCUT2D eigenvalue weighted by Gasteiger charge is 2.24. The van der Waals surface area contributed by atoms with Gasteiger partial charge in [-0.1, -0.05) is 28.1 Å². The SMILES string of the molecule is OC(CNC1CCc2c(Br)cccc21)c1ccsc1. The Morgan fingerprint density at radius 2 is 2.32 bits per heavy atom. The van der Waals surface area contributed by atoms with Crippen LogP contribution in [0, 0.1) is 0 Å². The number of rotatable bonds is 4. The second kappa shape index (κ2) is 5.75. The van der Waals surface area contributed by atoms with E-state index >= 15 is 0 Å². The van der Waals surface area contributed by atoms with E-state index in [4.69, 9.17) is 0 Å². The first-order chi connectivity index (χ1) is 9.25. The Labute approximate surface area is 125 Å². The molecule has 0 fully saturated rings. The molecule has 2 unspecified atom stereocenters. The smallest absolute Gasteiger partial charge is 0.0922 e. The summed E-state index contributed by atoms with van der Waals surface area (Å²) in [5.41, 5.74) is 3.78. The molecule has 2 nitrogen and oxygen atoms in total. The fourth-order valence-corrected chi connectivity index (χ4v) is 3.94. The van der Waals surface area contributed by atoms with Gasteiger partial charge in [-0.15, -0.1) is 0 Å². The number of aliphatic hydroxyl groups is 1. The van der Waals surface area contributed by atoms with Gasteiger partial charge >= 0.3 is 0 Å². The van der Waals surface area contributed by atoms with Crippen LogP contribution >= 0.6 is 27.3 Å². The van der Waals surface area contributed by atoms with Crippen LogP contribution in [0.25, 0.3) is 0 Å². The summed E-state index contributed by atoms with van der Waals surface area (Å²) in [6, 6.07) is 8.71. The van der Waals surface area contributed by atoms with Crippen molar-refractivity contribution in [3.05, 3.63) is 56.2 Å². The minimum Gasteiger partial charge on any atom is -0.387 e. The van der Waals surface area contributed by atoms with Crippen LogP contribution in [0.5, 0.6) is 0 Å². The van der Waals surface area contributed by atoms with Crippen molar-refractivity contribution in [3.63, 3.8) is 0 Å². The second-order valence-electron chi connectivity index (χ2n) is 4.88. The topological polar surface area (TPSA) is 32.3 Å². The van der Waals surface area contributed by atoms with E-state index < -0.39 is 6.10 Å². The molecule has 0 spiro atoms. The highest BCUT2D eigenvalue weighted by atomic mass is 79.9. The lowest BCUT2D eigenvalue weighted by Crippen LogP contribution is -2.24. The Morgan fingerprint density at radius 1 is 1.42 bits per heavy atom. The third-order valence-electron chi connectivity index (χ3n) is 3.70. The molecule has 4 heteroatoms. The van der Waals surface area contributed by atoms with E-state index in [1.165, 1.54) is 15.6 Å². The molecule has 3 rings (SSSR count). The monoisotopic (exact) mass is 337 g/mol. The molecule has 1 aliphatic rings. The summed E-state index contributed by atoms with van der Waals surface area (Å²) in [6.07, 6.45) is 1.79. The first-order valence-electron chi connectivity index (χ1n) is 6.46. The van der Waals surface area contributed by atoms with Gasteiger partial charge in [-0.2, -0.15) is 11.3 Å². The van der Waals surface area contributed by atoms with E-state index in [1.807, 2.05) is 16.8 Å². The molecular formula is C15H16BrNOS. The van der Waals surface area contributed by atoms with Gasteiger partial charge in [0.1, 0.15) is 0 Å². The third-order valence-corrected chi connectivity index (χ3v) is 5.14. The molecule has 0 radical (unpaired) electrons. The lowest BCUT2D eigenvalue weighted by Gasteiger charge is -2.17. The summed E-state index contributed by atoms with van der Waals surface area (Å²) in [5, 5.41) is 17.6. The molecule has 2 N–H and O–H groups in total. The molecule has 1 aromatic heterocycles. The molecule has 0 aliphatic heterocycles. The van der Waals surface area contributed by atoms with E-state index in [2.05, 4.69) is 39.4 Å². The number of hydrogen-bond acceptors (Lipinski definition) is 3. The molecule has 1 heterocycles. The maximum atomic E-state index is 10.1. The number of fused-ring (bicyclic) bond motifs is 1. The third kappa shape index (κ3) is 2.77. The first-order valence-corrected chi connectivity index (χ1v) is 8.20. The fourth-order valence-electron chi connectivity index (χ4n) is 2.66. The average Bonchev–Trinajstić information content (AvgIpc) is 3.06. The lowest BCUT2D eigenvalue weighted by molar-refractivity contribution is 0.170. The van der Waals surface area contributed by atoms with Crippen molar-refractivity contribution in [1.82, 2.24) is 5.32 Å². The zero-order valence-corrected chi connectivity index (χ0v) is 12.9. The van der Waals surface area contributed by atoms with E-state index in [1.54, 1.807) is 11.3 Å². The Morgan fingerprint density at radius 3 is 3.11 bits per heavy atom. The minimum atomic E-state index is -0.414. The van der Waals surface area contributed by atoms with Crippen molar-refractivity contribution < 1.29 is 5.11 Å². The fraction of sp³-hybridized carbons (Fsp3) is 0.333. The van der Waals surface area contributed by atoms with Crippen molar-refractivity contribution in [2.45, 2.75) is 25.0 Å². The normalized spacial score (nSPS) is 19.4. The molecule has 1 aliphatic carbocycles. The van der Waals surface area contributed by atoms with Crippen LogP contribution in [0.1, 0.15) is 35.3 Å². The van der Waals surface area contributed by atoms with Gasteiger partial charge in [0.2, 0.25) is 0 Å². The standard InChI is InChI=1S/C15H16BrNOS/c16-13-3-1-2-12-11(13)4-5-14(12)17-8-15(18)10-6-7-19-9-10/h1-3,6-7,9,14-15,17-18H,4-5,8H2. The molecular weight excluding hydrogens is 322 g/mol. The molecule has 100 valence electrons. The van der Waals surface area contributed by atoms with Crippen LogP contribution in [0.15, 0.2) is 39.5 Å². The number of nitrogens with one attached hydrogen (secondary N) is 1. The van der Waals surface area contributed by atoms with Gasteiger partial charge in [0, 0.05) is 17.1 Å². The highest BCUT2D eigenvalue weighted by molar-refractivity contribution is 9.10. The Hall–Kier alpha value is -0.680. The van der Waals surface area contributed by atoms with Crippen molar-refractivity contribution in [2.24, 2.45) is 0 Å². The summed E-state index contributed by atoms with van der Waals surface area (Å²) in [6.45, 7) is 0.605. The Balaban J connectivity index is 1.66. The van der Waals surface area contributed by atoms with E-state index in [-0.39, 0.29) is 0 Å². The molecule has 0 amide bonds. The van der Waals surface area contributed by atoms with Crippen LogP contribution < -0.4 is 5.32 Å². The first kappa shape index (κ1) is 13.3. The summed E-state index contributed by atoms with van der Waals surface area (Å²) < 4.78 is 1.20.